The molecule has 1 spiro atoms. The molecule has 1 unspecified atom stereocenters. The van der Waals surface area contributed by atoms with E-state index in [1.807, 2.05) is 24.6 Å². The van der Waals surface area contributed by atoms with Crippen LogP contribution in [0.4, 0.5) is 0 Å². The van der Waals surface area contributed by atoms with Gasteiger partial charge in [-0.1, -0.05) is 6.07 Å². The summed E-state index contributed by atoms with van der Waals surface area (Å²) in [5.74, 6) is 0.734. The SMILES string of the molecule is CN(Cc1cccs1)C(=O)C1CC12CCS(=O)(=O)CC2. The zero-order valence-corrected chi connectivity index (χ0v) is 13.2. The van der Waals surface area contributed by atoms with E-state index in [-0.39, 0.29) is 28.7 Å². The first-order valence-electron chi connectivity index (χ1n) is 6.90. The Hall–Kier alpha value is -0.880. The number of carbonyl (C=O) groups excluding carboxylic acids is 1. The minimum absolute atomic E-state index is 0.00782. The summed E-state index contributed by atoms with van der Waals surface area (Å²) in [6.07, 6.45) is 2.20. The quantitative estimate of drug-likeness (QED) is 0.857. The van der Waals surface area contributed by atoms with Crippen LogP contribution < -0.4 is 0 Å². The molecule has 0 bridgehead atoms. The number of hydrogen-bond donors (Lipinski definition) is 0. The molecule has 3 rings (SSSR count). The highest BCUT2D eigenvalue weighted by atomic mass is 32.2. The lowest BCUT2D eigenvalue weighted by atomic mass is 9.96. The van der Waals surface area contributed by atoms with Gasteiger partial charge >= 0.3 is 0 Å². The molecule has 1 aromatic heterocycles. The van der Waals surface area contributed by atoms with Gasteiger partial charge in [-0.2, -0.15) is 0 Å². The number of nitrogens with zero attached hydrogens (tertiary/aromatic N) is 1. The van der Waals surface area contributed by atoms with E-state index >= 15 is 0 Å². The number of amides is 1. The lowest BCUT2D eigenvalue weighted by Gasteiger charge is -2.24. The van der Waals surface area contributed by atoms with Gasteiger partial charge in [0.1, 0.15) is 9.84 Å². The van der Waals surface area contributed by atoms with E-state index in [0.29, 0.717) is 19.4 Å². The van der Waals surface area contributed by atoms with E-state index in [4.69, 9.17) is 0 Å². The molecule has 1 aliphatic heterocycles. The standard InChI is InChI=1S/C14H19NO3S2/c1-15(10-11-3-2-6-19-11)13(16)12-9-14(12)4-7-20(17,18)8-5-14/h2-3,6,12H,4-5,7-10H2,1H3. The van der Waals surface area contributed by atoms with E-state index < -0.39 is 9.84 Å². The number of sulfone groups is 1. The third-order valence-corrected chi connectivity index (χ3v) is 7.17. The van der Waals surface area contributed by atoms with Gasteiger partial charge in [0.15, 0.2) is 0 Å². The summed E-state index contributed by atoms with van der Waals surface area (Å²) < 4.78 is 23.0. The smallest absolute Gasteiger partial charge is 0.226 e. The van der Waals surface area contributed by atoms with Crippen molar-refractivity contribution in [3.63, 3.8) is 0 Å². The van der Waals surface area contributed by atoms with E-state index in [9.17, 15) is 13.2 Å². The maximum absolute atomic E-state index is 12.4. The summed E-state index contributed by atoms with van der Waals surface area (Å²) in [6.45, 7) is 0.654. The van der Waals surface area contributed by atoms with Crippen molar-refractivity contribution in [3.8, 4) is 0 Å². The highest BCUT2D eigenvalue weighted by Gasteiger charge is 2.59. The fourth-order valence-corrected chi connectivity index (χ4v) is 5.57. The van der Waals surface area contributed by atoms with E-state index in [0.717, 1.165) is 6.42 Å². The van der Waals surface area contributed by atoms with Crippen LogP contribution in [-0.2, 0) is 21.2 Å². The number of rotatable bonds is 3. The van der Waals surface area contributed by atoms with Gasteiger partial charge in [-0.3, -0.25) is 4.79 Å². The third-order valence-electron chi connectivity index (χ3n) is 4.66. The molecule has 110 valence electrons. The molecule has 2 aliphatic rings. The van der Waals surface area contributed by atoms with Gasteiger partial charge in [0.25, 0.3) is 0 Å². The Balaban J connectivity index is 1.60. The molecule has 2 fully saturated rings. The molecule has 2 heterocycles. The van der Waals surface area contributed by atoms with Crippen molar-refractivity contribution in [2.24, 2.45) is 11.3 Å². The minimum Gasteiger partial charge on any atom is -0.340 e. The van der Waals surface area contributed by atoms with Gasteiger partial charge in [-0.25, -0.2) is 8.42 Å². The molecular weight excluding hydrogens is 294 g/mol. The molecule has 0 N–H and O–H groups in total. The summed E-state index contributed by atoms with van der Waals surface area (Å²) >= 11 is 1.65. The van der Waals surface area contributed by atoms with Crippen LogP contribution in [0, 0.1) is 11.3 Å². The lowest BCUT2D eigenvalue weighted by Crippen LogP contribution is -2.32. The van der Waals surface area contributed by atoms with Crippen molar-refractivity contribution in [2.75, 3.05) is 18.6 Å². The molecule has 4 nitrogen and oxygen atoms in total. The van der Waals surface area contributed by atoms with Crippen LogP contribution in [0.5, 0.6) is 0 Å². The second kappa shape index (κ2) is 4.84. The Morgan fingerprint density at radius 1 is 1.45 bits per heavy atom. The molecule has 1 saturated heterocycles. The highest BCUT2D eigenvalue weighted by Crippen LogP contribution is 2.60. The number of hydrogen-bond acceptors (Lipinski definition) is 4. The van der Waals surface area contributed by atoms with Crippen molar-refractivity contribution in [1.29, 1.82) is 0 Å². The maximum atomic E-state index is 12.4. The van der Waals surface area contributed by atoms with E-state index in [2.05, 4.69) is 0 Å². The Kier molecular flexibility index (Phi) is 3.41. The topological polar surface area (TPSA) is 54.5 Å². The van der Waals surface area contributed by atoms with Crippen LogP contribution in [0.2, 0.25) is 0 Å². The zero-order chi connectivity index (χ0) is 14.4. The predicted molar refractivity (Wildman–Crippen MR) is 79.2 cm³/mol. The first-order valence-corrected chi connectivity index (χ1v) is 9.60. The van der Waals surface area contributed by atoms with Gasteiger partial charge in [0.05, 0.1) is 18.1 Å². The van der Waals surface area contributed by atoms with Crippen LogP contribution >= 0.6 is 11.3 Å². The van der Waals surface area contributed by atoms with Crippen molar-refractivity contribution in [2.45, 2.75) is 25.8 Å². The van der Waals surface area contributed by atoms with Gasteiger partial charge < -0.3 is 4.90 Å². The van der Waals surface area contributed by atoms with Crippen LogP contribution in [-0.4, -0.2) is 37.8 Å². The Labute approximate surface area is 123 Å². The summed E-state index contributed by atoms with van der Waals surface area (Å²) in [6, 6.07) is 4.02. The molecule has 0 radical (unpaired) electrons. The fraction of sp³-hybridized carbons (Fsp3) is 0.643. The largest absolute Gasteiger partial charge is 0.340 e. The van der Waals surface area contributed by atoms with Crippen LogP contribution in [0.1, 0.15) is 24.1 Å². The first-order chi connectivity index (χ1) is 9.42. The maximum Gasteiger partial charge on any atom is 0.226 e. The third kappa shape index (κ3) is 2.63. The van der Waals surface area contributed by atoms with Gasteiger partial charge in [0, 0.05) is 17.8 Å². The molecule has 1 aliphatic carbocycles. The highest BCUT2D eigenvalue weighted by molar-refractivity contribution is 7.91. The summed E-state index contributed by atoms with van der Waals surface area (Å²) in [4.78, 5) is 15.4. The second-order valence-electron chi connectivity index (χ2n) is 6.04. The summed E-state index contributed by atoms with van der Waals surface area (Å²) in [7, 11) is -1.01. The fourth-order valence-electron chi connectivity index (χ4n) is 3.17. The molecule has 6 heteroatoms. The summed E-state index contributed by atoms with van der Waals surface area (Å²) in [5.41, 5.74) is -0.00782. The van der Waals surface area contributed by atoms with Crippen LogP contribution in [0.25, 0.3) is 0 Å². The van der Waals surface area contributed by atoms with Crippen molar-refractivity contribution in [3.05, 3.63) is 22.4 Å². The Morgan fingerprint density at radius 3 is 2.75 bits per heavy atom. The summed E-state index contributed by atoms with van der Waals surface area (Å²) in [5, 5.41) is 2.01. The molecule has 1 atom stereocenters. The van der Waals surface area contributed by atoms with Gasteiger partial charge in [0.2, 0.25) is 5.91 Å². The van der Waals surface area contributed by atoms with E-state index in [1.165, 1.54) is 4.88 Å². The molecular formula is C14H19NO3S2. The number of thiophene rings is 1. The zero-order valence-electron chi connectivity index (χ0n) is 11.5. The Bertz CT molecular complexity index is 592. The average molecular weight is 313 g/mol. The minimum atomic E-state index is -2.85. The lowest BCUT2D eigenvalue weighted by molar-refractivity contribution is -0.132. The second-order valence-corrected chi connectivity index (χ2v) is 9.38. The average Bonchev–Trinajstić information content (AvgIpc) is 2.87. The predicted octanol–water partition coefficient (Wildman–Crippen LogP) is 1.92. The molecule has 0 aromatic carbocycles. The van der Waals surface area contributed by atoms with Crippen LogP contribution in [0.3, 0.4) is 0 Å². The van der Waals surface area contributed by atoms with E-state index in [1.54, 1.807) is 16.2 Å². The number of carbonyl (C=O) groups is 1. The van der Waals surface area contributed by atoms with Crippen molar-refractivity contribution < 1.29 is 13.2 Å². The van der Waals surface area contributed by atoms with Crippen LogP contribution in [0.15, 0.2) is 17.5 Å². The molecule has 1 amide bonds. The van der Waals surface area contributed by atoms with Gasteiger partial charge in [-0.05, 0) is 36.1 Å². The van der Waals surface area contributed by atoms with Crippen molar-refractivity contribution >= 4 is 27.1 Å². The molecule has 1 saturated carbocycles. The van der Waals surface area contributed by atoms with Gasteiger partial charge in [-0.15, -0.1) is 11.3 Å². The first kappa shape index (κ1) is 14.1. The Morgan fingerprint density at radius 2 is 2.15 bits per heavy atom. The molecule has 20 heavy (non-hydrogen) atoms. The normalized spacial score (nSPS) is 26.4. The monoisotopic (exact) mass is 313 g/mol. The van der Waals surface area contributed by atoms with Crippen molar-refractivity contribution in [1.82, 2.24) is 4.90 Å². The molecule has 1 aromatic rings.